The van der Waals surface area contributed by atoms with Gasteiger partial charge in [0.25, 0.3) is 0 Å². The molecule has 0 spiro atoms. The zero-order chi connectivity index (χ0) is 9.07. The predicted molar refractivity (Wildman–Crippen MR) is 26.4 cm³/mol. The van der Waals surface area contributed by atoms with Crippen LogP contribution in [-0.4, -0.2) is 21.7 Å². The summed E-state index contributed by atoms with van der Waals surface area (Å²) in [6.45, 7) is 0. The molecular formula is C2H3FLiO7P. The van der Waals surface area contributed by atoms with Crippen LogP contribution in [0.15, 0.2) is 0 Å². The van der Waals surface area contributed by atoms with E-state index in [9.17, 15) is 18.7 Å². The van der Waals surface area contributed by atoms with Crippen LogP contribution in [0.2, 0.25) is 0 Å². The van der Waals surface area contributed by atoms with E-state index in [0.29, 0.717) is 0 Å². The molecule has 0 bridgehead atoms. The Labute approximate surface area is 78.6 Å². The molecule has 0 amide bonds. The number of carbonyl (C=O) groups excluding carboxylic acids is 2. The van der Waals surface area contributed by atoms with E-state index in [0.717, 1.165) is 0 Å². The summed E-state index contributed by atoms with van der Waals surface area (Å²) < 4.78 is 23.7. The first-order valence-corrected chi connectivity index (χ1v) is 3.52. The van der Waals surface area contributed by atoms with E-state index in [2.05, 4.69) is 9.47 Å². The third kappa shape index (κ3) is 6.34. The first-order chi connectivity index (χ1) is 4.87. The van der Waals surface area contributed by atoms with Gasteiger partial charge in [-0.05, 0) is 0 Å². The fraction of sp³-hybridized carbons (Fsp3) is 0. The predicted octanol–water partition coefficient (Wildman–Crippen LogP) is -3.83. The Hall–Kier alpha value is -0.383. The number of phosphoric acid groups is 1. The average Bonchev–Trinajstić information content (AvgIpc) is 1.82. The van der Waals surface area contributed by atoms with Crippen LogP contribution in [0.3, 0.4) is 0 Å². The molecule has 0 aromatic heterocycles. The maximum atomic E-state index is 10.8. The van der Waals surface area contributed by atoms with Crippen molar-refractivity contribution in [1.82, 2.24) is 0 Å². The van der Waals surface area contributed by atoms with Crippen LogP contribution in [-0.2, 0) is 23.6 Å². The van der Waals surface area contributed by atoms with Crippen molar-refractivity contribution in [2.45, 2.75) is 0 Å². The van der Waals surface area contributed by atoms with Crippen LogP contribution in [0, 0.1) is 0 Å². The second kappa shape index (κ2) is 5.30. The molecule has 0 saturated carbocycles. The van der Waals surface area contributed by atoms with E-state index < -0.39 is 19.8 Å². The molecule has 12 heavy (non-hydrogen) atoms. The number of hydrogen-bond acceptors (Lipinski definition) is 5. The molecule has 0 aliphatic carbocycles. The van der Waals surface area contributed by atoms with E-state index in [-0.39, 0.29) is 20.3 Å². The van der Waals surface area contributed by atoms with Gasteiger partial charge in [0.05, 0.1) is 0 Å². The topological polar surface area (TPSA) is 110 Å². The summed E-state index contributed by atoms with van der Waals surface area (Å²) in [5.41, 5.74) is 0. The number of hydrogen-bond donors (Lipinski definition) is 2. The molecule has 0 atom stereocenters. The standard InChI is InChI=1S/C2H2FO7P.Li.H/c3-9-1(4)2(5)10-11(6,7)8;;/h(H2,6,7,8);;/q;+1;-1. The molecule has 66 valence electrons. The fourth-order valence-electron chi connectivity index (χ4n) is 0.177. The number of halogens is 1. The van der Waals surface area contributed by atoms with Crippen LogP contribution in [0.4, 0.5) is 4.53 Å². The summed E-state index contributed by atoms with van der Waals surface area (Å²) >= 11 is 0. The van der Waals surface area contributed by atoms with Gasteiger partial charge in [-0.1, -0.05) is 0 Å². The van der Waals surface area contributed by atoms with Gasteiger partial charge in [-0.15, -0.1) is 0 Å². The molecule has 0 unspecified atom stereocenters. The molecule has 7 nitrogen and oxygen atoms in total. The number of carbonyl (C=O) groups is 2. The van der Waals surface area contributed by atoms with Gasteiger partial charge >= 0.3 is 38.6 Å². The summed E-state index contributed by atoms with van der Waals surface area (Å²) in [5, 5.41) is 0. The second-order valence-corrected chi connectivity index (χ2v) is 2.40. The Bertz CT molecular complexity index is 227. The summed E-state index contributed by atoms with van der Waals surface area (Å²) in [6.07, 6.45) is 0. The third-order valence-corrected chi connectivity index (χ3v) is 0.842. The second-order valence-electron chi connectivity index (χ2n) is 1.23. The first kappa shape index (κ1) is 14.2. The normalized spacial score (nSPS) is 9.58. The van der Waals surface area contributed by atoms with Gasteiger partial charge in [0.2, 0.25) is 0 Å². The minimum absolute atomic E-state index is 0. The summed E-state index contributed by atoms with van der Waals surface area (Å²) in [5.74, 6) is -4.23. The molecule has 0 aromatic rings. The molecule has 0 aliphatic heterocycles. The Morgan fingerprint density at radius 1 is 1.33 bits per heavy atom. The minimum atomic E-state index is -5.11. The first-order valence-electron chi connectivity index (χ1n) is 1.99. The van der Waals surface area contributed by atoms with Crippen molar-refractivity contribution in [3.05, 3.63) is 0 Å². The SMILES string of the molecule is O=C(OF)C(=O)OP(=O)(O)O.[H-].[Li+]. The molecule has 0 rings (SSSR count). The van der Waals surface area contributed by atoms with Gasteiger partial charge < -0.3 is 5.95 Å². The zero-order valence-electron chi connectivity index (χ0n) is 6.76. The Balaban J connectivity index is -0.000000500. The van der Waals surface area contributed by atoms with Crippen LogP contribution in [0.25, 0.3) is 0 Å². The van der Waals surface area contributed by atoms with Crippen molar-refractivity contribution in [1.29, 1.82) is 0 Å². The Morgan fingerprint density at radius 3 is 2.00 bits per heavy atom. The van der Waals surface area contributed by atoms with E-state index in [1.165, 1.54) is 0 Å². The molecule has 0 aromatic carbocycles. The van der Waals surface area contributed by atoms with Crippen molar-refractivity contribution >= 4 is 19.8 Å². The summed E-state index contributed by atoms with van der Waals surface area (Å²) in [6, 6.07) is 0. The van der Waals surface area contributed by atoms with Crippen molar-refractivity contribution in [3.63, 3.8) is 0 Å². The van der Waals surface area contributed by atoms with Crippen LogP contribution >= 0.6 is 7.82 Å². The Kier molecular flexibility index (Phi) is 6.25. The van der Waals surface area contributed by atoms with Gasteiger partial charge in [0.1, 0.15) is 0 Å². The van der Waals surface area contributed by atoms with E-state index in [1.54, 1.807) is 0 Å². The monoisotopic (exact) mass is 196 g/mol. The minimum Gasteiger partial charge on any atom is -1.00 e. The molecule has 0 heterocycles. The molecule has 10 heteroatoms. The summed E-state index contributed by atoms with van der Waals surface area (Å²) in [4.78, 5) is 37.8. The van der Waals surface area contributed by atoms with Crippen molar-refractivity contribution in [2.24, 2.45) is 0 Å². The Morgan fingerprint density at radius 2 is 1.75 bits per heavy atom. The molecule has 0 saturated heterocycles. The van der Waals surface area contributed by atoms with Crippen molar-refractivity contribution < 1.29 is 58.2 Å². The van der Waals surface area contributed by atoms with Gasteiger partial charge in [-0.3, -0.25) is 9.79 Å². The van der Waals surface area contributed by atoms with E-state index in [4.69, 9.17) is 9.79 Å². The molecular weight excluding hydrogens is 193 g/mol. The number of phosphoric ester groups is 1. The van der Waals surface area contributed by atoms with Gasteiger partial charge in [-0.2, -0.15) is 0 Å². The van der Waals surface area contributed by atoms with Gasteiger partial charge in [0, 0.05) is 4.53 Å². The number of rotatable bonds is 1. The van der Waals surface area contributed by atoms with Crippen molar-refractivity contribution in [2.75, 3.05) is 0 Å². The van der Waals surface area contributed by atoms with E-state index in [1.807, 2.05) is 0 Å². The van der Waals surface area contributed by atoms with E-state index >= 15 is 0 Å². The quantitative estimate of drug-likeness (QED) is 0.251. The molecule has 0 fully saturated rings. The van der Waals surface area contributed by atoms with Crippen molar-refractivity contribution in [3.8, 4) is 0 Å². The smallest absolute Gasteiger partial charge is 1.00 e. The maximum Gasteiger partial charge on any atom is 1.00 e. The fourth-order valence-corrected chi connectivity index (χ4v) is 0.467. The molecule has 0 radical (unpaired) electrons. The third-order valence-electron chi connectivity index (χ3n) is 0.439. The maximum absolute atomic E-state index is 10.8. The summed E-state index contributed by atoms with van der Waals surface area (Å²) in [7, 11) is -5.11. The zero-order valence-corrected chi connectivity index (χ0v) is 6.66. The average molecular weight is 196 g/mol. The van der Waals surface area contributed by atoms with Crippen LogP contribution < -0.4 is 18.9 Å². The van der Waals surface area contributed by atoms with Gasteiger partial charge in [0.15, 0.2) is 0 Å². The largest absolute Gasteiger partial charge is 1.00 e. The van der Waals surface area contributed by atoms with Gasteiger partial charge in [-0.25, -0.2) is 19.1 Å². The molecule has 0 aliphatic rings. The molecule has 2 N–H and O–H groups in total. The van der Waals surface area contributed by atoms with Crippen LogP contribution in [0.5, 0.6) is 0 Å². The van der Waals surface area contributed by atoms with Crippen LogP contribution in [0.1, 0.15) is 1.43 Å².